The van der Waals surface area contributed by atoms with Crippen LogP contribution in [0.1, 0.15) is 21.7 Å². The predicted octanol–water partition coefficient (Wildman–Crippen LogP) is 2.38. The first-order valence-electron chi connectivity index (χ1n) is 9.05. The molecule has 29 heavy (non-hydrogen) atoms. The normalized spacial score (nSPS) is 12.1. The summed E-state index contributed by atoms with van der Waals surface area (Å²) in [5.41, 5.74) is 0.742. The number of carbonyl (C=O) groups excluding carboxylic acids is 1. The van der Waals surface area contributed by atoms with Crippen molar-refractivity contribution >= 4 is 5.91 Å². The lowest BCUT2D eigenvalue weighted by atomic mass is 10.1. The number of ether oxygens (including phenoxy) is 2. The van der Waals surface area contributed by atoms with Crippen molar-refractivity contribution in [3.8, 4) is 17.2 Å². The number of rotatable bonds is 5. The first-order chi connectivity index (χ1) is 14.0. The molecule has 148 valence electrons. The highest BCUT2D eigenvalue weighted by atomic mass is 19.1. The molecule has 1 aliphatic heterocycles. The second-order valence-electron chi connectivity index (χ2n) is 6.56. The average Bonchev–Trinajstić information content (AvgIpc) is 3.17. The van der Waals surface area contributed by atoms with Crippen LogP contribution in [0, 0.1) is 12.7 Å². The van der Waals surface area contributed by atoms with Crippen molar-refractivity contribution in [2.24, 2.45) is 0 Å². The number of para-hydroxylation sites is 1. The molecule has 2 aromatic carbocycles. The van der Waals surface area contributed by atoms with Gasteiger partial charge in [-0.25, -0.2) is 9.07 Å². The van der Waals surface area contributed by atoms with E-state index in [4.69, 9.17) is 9.47 Å². The van der Waals surface area contributed by atoms with Crippen LogP contribution in [-0.4, -0.2) is 29.0 Å². The fraction of sp³-hybridized carbons (Fsp3) is 0.190. The van der Waals surface area contributed by atoms with Gasteiger partial charge in [0.15, 0.2) is 17.2 Å². The molecule has 0 atom stereocenters. The third-order valence-corrected chi connectivity index (χ3v) is 4.54. The quantitative estimate of drug-likeness (QED) is 0.717. The summed E-state index contributed by atoms with van der Waals surface area (Å²) in [6.45, 7) is 2.12. The number of halogens is 1. The number of nitrogens with one attached hydrogen (secondary N) is 1. The van der Waals surface area contributed by atoms with E-state index in [-0.39, 0.29) is 18.2 Å². The number of amides is 1. The number of fused-ring (bicyclic) bond motifs is 1. The van der Waals surface area contributed by atoms with Gasteiger partial charge >= 0.3 is 0 Å². The van der Waals surface area contributed by atoms with E-state index in [1.165, 1.54) is 22.9 Å². The van der Waals surface area contributed by atoms with Crippen molar-refractivity contribution in [1.82, 2.24) is 15.1 Å². The molecule has 1 aliphatic rings. The van der Waals surface area contributed by atoms with Crippen LogP contribution in [0.2, 0.25) is 0 Å². The molecular weight excluding hydrogens is 377 g/mol. The van der Waals surface area contributed by atoms with Crippen LogP contribution in [-0.2, 0) is 6.42 Å². The SMILES string of the molecule is Cc1cc(=O)c(C(=O)NCCc2ccc3c(c2)OCO3)nn1-c1ccccc1F. The van der Waals surface area contributed by atoms with Gasteiger partial charge in [0.2, 0.25) is 12.2 Å². The van der Waals surface area contributed by atoms with Gasteiger partial charge in [-0.2, -0.15) is 5.10 Å². The number of hydrogen-bond donors (Lipinski definition) is 1. The number of benzene rings is 2. The summed E-state index contributed by atoms with van der Waals surface area (Å²) in [6, 6.07) is 12.9. The average molecular weight is 395 g/mol. The van der Waals surface area contributed by atoms with Crippen LogP contribution in [0.15, 0.2) is 53.3 Å². The number of aryl methyl sites for hydroxylation is 1. The largest absolute Gasteiger partial charge is 0.454 e. The van der Waals surface area contributed by atoms with Crippen molar-refractivity contribution in [2.45, 2.75) is 13.3 Å². The van der Waals surface area contributed by atoms with Crippen LogP contribution < -0.4 is 20.2 Å². The molecule has 8 heteroatoms. The Morgan fingerprint density at radius 2 is 1.97 bits per heavy atom. The summed E-state index contributed by atoms with van der Waals surface area (Å²) in [4.78, 5) is 24.7. The van der Waals surface area contributed by atoms with Crippen LogP contribution in [0.4, 0.5) is 4.39 Å². The second-order valence-corrected chi connectivity index (χ2v) is 6.56. The lowest BCUT2D eigenvalue weighted by molar-refractivity contribution is 0.0946. The lowest BCUT2D eigenvalue weighted by Gasteiger charge is -2.12. The monoisotopic (exact) mass is 395 g/mol. The summed E-state index contributed by atoms with van der Waals surface area (Å²) < 4.78 is 26.0. The van der Waals surface area contributed by atoms with E-state index in [0.717, 1.165) is 5.56 Å². The Morgan fingerprint density at radius 1 is 1.17 bits per heavy atom. The predicted molar refractivity (Wildman–Crippen MR) is 103 cm³/mol. The first-order valence-corrected chi connectivity index (χ1v) is 9.05. The Hall–Kier alpha value is -3.68. The van der Waals surface area contributed by atoms with Crippen molar-refractivity contribution in [1.29, 1.82) is 0 Å². The highest BCUT2D eigenvalue weighted by molar-refractivity contribution is 5.92. The molecule has 4 rings (SSSR count). The molecule has 0 fully saturated rings. The zero-order valence-corrected chi connectivity index (χ0v) is 15.6. The van der Waals surface area contributed by atoms with Crippen molar-refractivity contribution in [3.63, 3.8) is 0 Å². The van der Waals surface area contributed by atoms with E-state index in [2.05, 4.69) is 10.4 Å². The van der Waals surface area contributed by atoms with E-state index in [1.54, 1.807) is 19.1 Å². The van der Waals surface area contributed by atoms with Gasteiger partial charge in [0.05, 0.1) is 0 Å². The Balaban J connectivity index is 1.49. The summed E-state index contributed by atoms with van der Waals surface area (Å²) in [6.07, 6.45) is 0.537. The molecule has 1 aromatic heterocycles. The maximum Gasteiger partial charge on any atom is 0.275 e. The third-order valence-electron chi connectivity index (χ3n) is 4.54. The van der Waals surface area contributed by atoms with Gasteiger partial charge in [0.25, 0.3) is 5.91 Å². The van der Waals surface area contributed by atoms with Crippen molar-refractivity contribution < 1.29 is 18.7 Å². The second kappa shape index (κ2) is 7.75. The molecule has 0 aliphatic carbocycles. The van der Waals surface area contributed by atoms with E-state index in [9.17, 15) is 14.0 Å². The molecule has 0 unspecified atom stereocenters. The van der Waals surface area contributed by atoms with Gasteiger partial charge < -0.3 is 14.8 Å². The Morgan fingerprint density at radius 3 is 2.79 bits per heavy atom. The van der Waals surface area contributed by atoms with Crippen molar-refractivity contribution in [2.75, 3.05) is 13.3 Å². The lowest BCUT2D eigenvalue weighted by Crippen LogP contribution is -2.33. The first kappa shape index (κ1) is 18.7. The van der Waals surface area contributed by atoms with E-state index in [1.807, 2.05) is 18.2 Å². The maximum absolute atomic E-state index is 14.1. The number of aromatic nitrogens is 2. The Labute approximate surface area is 165 Å². The molecule has 2 heterocycles. The topological polar surface area (TPSA) is 82.5 Å². The van der Waals surface area contributed by atoms with E-state index in [0.29, 0.717) is 30.2 Å². The van der Waals surface area contributed by atoms with Gasteiger partial charge in [-0.15, -0.1) is 0 Å². The van der Waals surface area contributed by atoms with Crippen molar-refractivity contribution in [3.05, 3.63) is 81.5 Å². The minimum Gasteiger partial charge on any atom is -0.454 e. The number of hydrogen-bond acceptors (Lipinski definition) is 5. The Bertz CT molecular complexity index is 1140. The van der Waals surface area contributed by atoms with E-state index >= 15 is 0 Å². The highest BCUT2D eigenvalue weighted by Gasteiger charge is 2.17. The van der Waals surface area contributed by atoms with Crippen LogP contribution in [0.5, 0.6) is 11.5 Å². The maximum atomic E-state index is 14.1. The zero-order valence-electron chi connectivity index (χ0n) is 15.6. The third kappa shape index (κ3) is 3.82. The molecule has 0 saturated carbocycles. The fourth-order valence-corrected chi connectivity index (χ4v) is 3.07. The summed E-state index contributed by atoms with van der Waals surface area (Å²) in [5.74, 6) is 0.249. The summed E-state index contributed by atoms with van der Waals surface area (Å²) in [7, 11) is 0. The van der Waals surface area contributed by atoms with Crippen LogP contribution in [0.25, 0.3) is 5.69 Å². The highest BCUT2D eigenvalue weighted by Crippen LogP contribution is 2.32. The molecule has 7 nitrogen and oxygen atoms in total. The minimum absolute atomic E-state index is 0.166. The van der Waals surface area contributed by atoms with E-state index < -0.39 is 17.2 Å². The van der Waals surface area contributed by atoms with Gasteiger partial charge in [0.1, 0.15) is 11.5 Å². The Kier molecular flexibility index (Phi) is 4.99. The van der Waals surface area contributed by atoms with Gasteiger partial charge in [-0.3, -0.25) is 9.59 Å². The minimum atomic E-state index is -0.610. The standard InChI is InChI=1S/C21H18FN3O4/c1-13-10-17(26)20(24-25(13)16-5-3-2-4-15(16)22)21(27)23-9-8-14-6-7-18-19(11-14)29-12-28-18/h2-7,10-11H,8-9,12H2,1H3,(H,23,27). The zero-order chi connectivity index (χ0) is 20.4. The number of nitrogens with zero attached hydrogens (tertiary/aromatic N) is 2. The molecule has 3 aromatic rings. The molecule has 0 saturated heterocycles. The molecule has 1 amide bonds. The van der Waals surface area contributed by atoms with Gasteiger partial charge in [0, 0.05) is 18.3 Å². The summed E-state index contributed by atoms with van der Waals surface area (Å²) >= 11 is 0. The molecule has 1 N–H and O–H groups in total. The molecule has 0 bridgehead atoms. The molecule has 0 spiro atoms. The summed E-state index contributed by atoms with van der Waals surface area (Å²) in [5, 5.41) is 6.78. The van der Waals surface area contributed by atoms with Gasteiger partial charge in [-0.1, -0.05) is 18.2 Å². The molecular formula is C21H18FN3O4. The van der Waals surface area contributed by atoms with Gasteiger partial charge in [-0.05, 0) is 43.2 Å². The smallest absolute Gasteiger partial charge is 0.275 e. The fourth-order valence-electron chi connectivity index (χ4n) is 3.07. The molecule has 0 radical (unpaired) electrons. The van der Waals surface area contributed by atoms with Crippen LogP contribution in [0.3, 0.4) is 0 Å². The number of carbonyl (C=O) groups is 1. The van der Waals surface area contributed by atoms with Crippen LogP contribution >= 0.6 is 0 Å².